The summed E-state index contributed by atoms with van der Waals surface area (Å²) in [5, 5.41) is 16.0. The van der Waals surface area contributed by atoms with Crippen molar-refractivity contribution < 1.29 is 9.94 Å². The SMILES string of the molecule is CC.CC.CO/N=C1\CCCC(CO)NC1. The minimum Gasteiger partial charge on any atom is -0.399 e. The lowest BCUT2D eigenvalue weighted by atomic mass is 10.1. The second-order valence-electron chi connectivity index (χ2n) is 2.99. The van der Waals surface area contributed by atoms with Gasteiger partial charge in [0.2, 0.25) is 0 Å². The number of hydrogen-bond donors (Lipinski definition) is 2. The lowest BCUT2D eigenvalue weighted by molar-refractivity contribution is 0.211. The van der Waals surface area contributed by atoms with E-state index in [-0.39, 0.29) is 12.6 Å². The molecular formula is C12H28N2O2. The van der Waals surface area contributed by atoms with Crippen LogP contribution < -0.4 is 5.32 Å². The molecule has 0 spiro atoms. The van der Waals surface area contributed by atoms with E-state index >= 15 is 0 Å². The largest absolute Gasteiger partial charge is 0.399 e. The van der Waals surface area contributed by atoms with Crippen molar-refractivity contribution >= 4 is 5.71 Å². The number of aliphatic hydroxyl groups excluding tert-OH is 1. The average Bonchev–Trinajstić information content (AvgIpc) is 2.60. The van der Waals surface area contributed by atoms with Gasteiger partial charge >= 0.3 is 0 Å². The van der Waals surface area contributed by atoms with Gasteiger partial charge in [0.25, 0.3) is 0 Å². The van der Waals surface area contributed by atoms with Gasteiger partial charge in [-0.2, -0.15) is 0 Å². The Morgan fingerprint density at radius 3 is 2.50 bits per heavy atom. The topological polar surface area (TPSA) is 53.9 Å². The molecule has 0 saturated carbocycles. The van der Waals surface area contributed by atoms with Crippen LogP contribution in [0.15, 0.2) is 5.16 Å². The second kappa shape index (κ2) is 14.4. The maximum atomic E-state index is 8.90. The third-order valence-electron chi connectivity index (χ3n) is 2.05. The zero-order valence-electron chi connectivity index (χ0n) is 11.4. The fraction of sp³-hybridized carbons (Fsp3) is 0.917. The normalized spacial score (nSPS) is 22.1. The van der Waals surface area contributed by atoms with Crippen molar-refractivity contribution in [3.8, 4) is 0 Å². The molecule has 1 atom stereocenters. The number of rotatable bonds is 2. The first-order chi connectivity index (χ1) is 7.86. The van der Waals surface area contributed by atoms with Crippen molar-refractivity contribution in [2.45, 2.75) is 53.0 Å². The third-order valence-corrected chi connectivity index (χ3v) is 2.05. The minimum absolute atomic E-state index is 0.209. The van der Waals surface area contributed by atoms with E-state index < -0.39 is 0 Å². The van der Waals surface area contributed by atoms with Crippen LogP contribution in [0.25, 0.3) is 0 Å². The monoisotopic (exact) mass is 232 g/mol. The van der Waals surface area contributed by atoms with E-state index in [4.69, 9.17) is 9.94 Å². The van der Waals surface area contributed by atoms with Crippen molar-refractivity contribution in [3.63, 3.8) is 0 Å². The molecule has 2 N–H and O–H groups in total. The maximum absolute atomic E-state index is 8.90. The molecule has 1 aliphatic rings. The molecule has 4 heteroatoms. The van der Waals surface area contributed by atoms with Crippen LogP contribution in [0.5, 0.6) is 0 Å². The first kappa shape index (κ1) is 17.8. The van der Waals surface area contributed by atoms with E-state index in [0.29, 0.717) is 0 Å². The lowest BCUT2D eigenvalue weighted by Crippen LogP contribution is -2.33. The van der Waals surface area contributed by atoms with Gasteiger partial charge in [0.15, 0.2) is 0 Å². The molecule has 4 nitrogen and oxygen atoms in total. The number of hydrogen-bond acceptors (Lipinski definition) is 4. The zero-order chi connectivity index (χ0) is 12.8. The van der Waals surface area contributed by atoms with E-state index in [1.807, 2.05) is 27.7 Å². The van der Waals surface area contributed by atoms with Crippen LogP contribution in [0.4, 0.5) is 0 Å². The van der Waals surface area contributed by atoms with E-state index in [2.05, 4.69) is 10.5 Å². The summed E-state index contributed by atoms with van der Waals surface area (Å²) in [4.78, 5) is 4.69. The Hall–Kier alpha value is -0.610. The molecule has 1 fully saturated rings. The highest BCUT2D eigenvalue weighted by molar-refractivity contribution is 5.86. The average molecular weight is 232 g/mol. The highest BCUT2D eigenvalue weighted by atomic mass is 16.6. The molecule has 0 aliphatic carbocycles. The summed E-state index contributed by atoms with van der Waals surface area (Å²) >= 11 is 0. The van der Waals surface area contributed by atoms with Crippen LogP contribution >= 0.6 is 0 Å². The van der Waals surface area contributed by atoms with Gasteiger partial charge in [0, 0.05) is 12.6 Å². The first-order valence-corrected chi connectivity index (χ1v) is 6.30. The van der Waals surface area contributed by atoms with E-state index in [0.717, 1.165) is 31.5 Å². The summed E-state index contributed by atoms with van der Waals surface area (Å²) in [6.07, 6.45) is 3.05. The van der Waals surface area contributed by atoms with Crippen molar-refractivity contribution in [3.05, 3.63) is 0 Å². The Morgan fingerprint density at radius 2 is 2.00 bits per heavy atom. The van der Waals surface area contributed by atoms with Gasteiger partial charge in [0.1, 0.15) is 7.11 Å². The molecule has 0 amide bonds. The second-order valence-corrected chi connectivity index (χ2v) is 2.99. The molecule has 16 heavy (non-hydrogen) atoms. The molecule has 1 heterocycles. The molecule has 0 aromatic rings. The van der Waals surface area contributed by atoms with Crippen LogP contribution in [0.1, 0.15) is 47.0 Å². The number of nitrogens with one attached hydrogen (secondary N) is 1. The third kappa shape index (κ3) is 8.68. The highest BCUT2D eigenvalue weighted by Gasteiger charge is 2.13. The molecule has 0 radical (unpaired) electrons. The van der Waals surface area contributed by atoms with Gasteiger partial charge in [0.05, 0.1) is 12.3 Å². The Labute approximate surface area is 100 Å². The fourth-order valence-electron chi connectivity index (χ4n) is 1.37. The summed E-state index contributed by atoms with van der Waals surface area (Å²) < 4.78 is 0. The highest BCUT2D eigenvalue weighted by Crippen LogP contribution is 2.06. The lowest BCUT2D eigenvalue weighted by Gasteiger charge is -2.10. The van der Waals surface area contributed by atoms with Crippen molar-refractivity contribution in [2.24, 2.45) is 5.16 Å². The summed E-state index contributed by atoms with van der Waals surface area (Å²) in [5.41, 5.74) is 1.04. The molecule has 1 saturated heterocycles. The Kier molecular flexibility index (Phi) is 16.0. The van der Waals surface area contributed by atoms with Crippen LogP contribution in [0, 0.1) is 0 Å². The van der Waals surface area contributed by atoms with E-state index in [1.165, 1.54) is 0 Å². The van der Waals surface area contributed by atoms with Gasteiger partial charge in [-0.15, -0.1) is 0 Å². The number of nitrogens with zero attached hydrogens (tertiary/aromatic N) is 1. The minimum atomic E-state index is 0.209. The standard InChI is InChI=1S/C8H16N2O2.2C2H6/c1-12-10-7-3-2-4-8(6-11)9-5-7;2*1-2/h8-9,11H,2-6H2,1H3;2*1-2H3/b10-7+;;. The molecule has 1 aliphatic heterocycles. The summed E-state index contributed by atoms with van der Waals surface area (Å²) in [7, 11) is 1.56. The summed E-state index contributed by atoms with van der Waals surface area (Å²) in [6.45, 7) is 8.94. The van der Waals surface area contributed by atoms with Gasteiger partial charge in [-0.3, -0.25) is 0 Å². The van der Waals surface area contributed by atoms with Crippen molar-refractivity contribution in [1.29, 1.82) is 0 Å². The zero-order valence-corrected chi connectivity index (χ0v) is 11.4. The van der Waals surface area contributed by atoms with Crippen molar-refractivity contribution in [2.75, 3.05) is 20.3 Å². The molecule has 0 aromatic carbocycles. The summed E-state index contributed by atoms with van der Waals surface area (Å²) in [6, 6.07) is 0.231. The van der Waals surface area contributed by atoms with Crippen molar-refractivity contribution in [1.82, 2.24) is 5.32 Å². The first-order valence-electron chi connectivity index (χ1n) is 6.30. The number of oxime groups is 1. The molecule has 1 rings (SSSR count). The summed E-state index contributed by atoms with van der Waals surface area (Å²) in [5.74, 6) is 0. The van der Waals surface area contributed by atoms with Crippen LogP contribution in [-0.2, 0) is 4.84 Å². The molecule has 1 unspecified atom stereocenters. The Morgan fingerprint density at radius 1 is 1.38 bits per heavy atom. The van der Waals surface area contributed by atoms with E-state index in [1.54, 1.807) is 7.11 Å². The predicted molar refractivity (Wildman–Crippen MR) is 69.9 cm³/mol. The Balaban J connectivity index is 0. The molecule has 0 aromatic heterocycles. The molecular weight excluding hydrogens is 204 g/mol. The van der Waals surface area contributed by atoms with Gasteiger partial charge < -0.3 is 15.3 Å². The van der Waals surface area contributed by atoms with Crippen LogP contribution in [0.2, 0.25) is 0 Å². The fourth-order valence-corrected chi connectivity index (χ4v) is 1.37. The molecule has 0 bridgehead atoms. The quantitative estimate of drug-likeness (QED) is 0.717. The number of aliphatic hydroxyl groups is 1. The Bertz CT molecular complexity index is 161. The van der Waals surface area contributed by atoms with Crippen LogP contribution in [-0.4, -0.2) is 37.1 Å². The molecule has 98 valence electrons. The van der Waals surface area contributed by atoms with Gasteiger partial charge in [-0.1, -0.05) is 32.9 Å². The van der Waals surface area contributed by atoms with E-state index in [9.17, 15) is 0 Å². The van der Waals surface area contributed by atoms with Gasteiger partial charge in [-0.05, 0) is 19.3 Å². The smallest absolute Gasteiger partial charge is 0.106 e. The predicted octanol–water partition coefficient (Wildman–Crippen LogP) is 2.18. The van der Waals surface area contributed by atoms with Crippen LogP contribution in [0.3, 0.4) is 0 Å². The maximum Gasteiger partial charge on any atom is 0.106 e. The van der Waals surface area contributed by atoms with Gasteiger partial charge in [-0.25, -0.2) is 0 Å².